The SMILES string of the molecule is COc1ccc(N2c3cc(C=N)c(N)c(F)c3N(c3ccc(C(=O)O)cc3)CC2(C)C)cc1F. The van der Waals surface area contributed by atoms with E-state index in [9.17, 15) is 14.3 Å². The van der Waals surface area contributed by atoms with Crippen molar-refractivity contribution in [3.8, 4) is 5.75 Å². The van der Waals surface area contributed by atoms with Gasteiger partial charge in [0.05, 0.1) is 29.6 Å². The number of ether oxygens (including phenoxy) is 1. The van der Waals surface area contributed by atoms with E-state index in [1.54, 1.807) is 29.2 Å². The normalized spacial score (nSPS) is 14.5. The molecule has 0 spiro atoms. The lowest BCUT2D eigenvalue weighted by Crippen LogP contribution is -2.53. The van der Waals surface area contributed by atoms with Crippen LogP contribution < -0.4 is 20.3 Å². The second kappa shape index (κ2) is 8.33. The van der Waals surface area contributed by atoms with Gasteiger partial charge in [-0.15, -0.1) is 0 Å². The summed E-state index contributed by atoms with van der Waals surface area (Å²) in [7, 11) is 1.38. The van der Waals surface area contributed by atoms with Crippen LogP contribution in [0.4, 0.5) is 37.2 Å². The lowest BCUT2D eigenvalue weighted by Gasteiger charge is -2.50. The van der Waals surface area contributed by atoms with E-state index in [2.05, 4.69) is 0 Å². The van der Waals surface area contributed by atoms with E-state index in [-0.39, 0.29) is 34.8 Å². The van der Waals surface area contributed by atoms with Gasteiger partial charge in [-0.1, -0.05) is 0 Å². The molecule has 176 valence electrons. The average molecular weight is 466 g/mol. The predicted molar refractivity (Wildman–Crippen MR) is 128 cm³/mol. The van der Waals surface area contributed by atoms with Gasteiger partial charge in [-0.25, -0.2) is 13.6 Å². The maximum absolute atomic E-state index is 15.7. The number of aromatic carboxylic acids is 1. The highest BCUT2D eigenvalue weighted by Gasteiger charge is 2.41. The number of nitrogens with one attached hydrogen (secondary N) is 1. The number of nitrogens with two attached hydrogens (primary N) is 1. The minimum absolute atomic E-state index is 0.0857. The van der Waals surface area contributed by atoms with E-state index in [0.717, 1.165) is 6.21 Å². The van der Waals surface area contributed by atoms with Crippen molar-refractivity contribution >= 4 is 40.6 Å². The van der Waals surface area contributed by atoms with Crippen LogP contribution in [0.1, 0.15) is 29.8 Å². The number of fused-ring (bicyclic) bond motifs is 1. The Bertz CT molecular complexity index is 1290. The number of methoxy groups -OCH3 is 1. The van der Waals surface area contributed by atoms with Crippen molar-refractivity contribution in [2.45, 2.75) is 19.4 Å². The molecule has 34 heavy (non-hydrogen) atoms. The summed E-state index contributed by atoms with van der Waals surface area (Å²) in [6.45, 7) is 4.13. The third-order valence-electron chi connectivity index (χ3n) is 5.93. The van der Waals surface area contributed by atoms with Crippen LogP contribution in [0.2, 0.25) is 0 Å². The zero-order chi connectivity index (χ0) is 24.8. The Hall–Kier alpha value is -4.14. The summed E-state index contributed by atoms with van der Waals surface area (Å²) in [5.41, 5.74) is 7.04. The van der Waals surface area contributed by atoms with E-state index in [1.807, 2.05) is 18.7 Å². The van der Waals surface area contributed by atoms with Crippen LogP contribution in [0.15, 0.2) is 48.5 Å². The first kappa shape index (κ1) is 23.0. The molecular weight excluding hydrogens is 442 g/mol. The van der Waals surface area contributed by atoms with Gasteiger partial charge in [0.1, 0.15) is 5.69 Å². The minimum Gasteiger partial charge on any atom is -0.494 e. The molecule has 0 aliphatic carbocycles. The smallest absolute Gasteiger partial charge is 0.335 e. The number of nitrogen functional groups attached to an aromatic ring is 1. The molecule has 0 fully saturated rings. The minimum atomic E-state index is -1.07. The Morgan fingerprint density at radius 1 is 1.15 bits per heavy atom. The van der Waals surface area contributed by atoms with Crippen LogP contribution in [0, 0.1) is 17.0 Å². The molecule has 4 rings (SSSR count). The average Bonchev–Trinajstić information content (AvgIpc) is 2.80. The van der Waals surface area contributed by atoms with E-state index in [1.165, 1.54) is 31.4 Å². The molecular formula is C25H24F2N4O3. The summed E-state index contributed by atoms with van der Waals surface area (Å²) in [4.78, 5) is 14.8. The third-order valence-corrected chi connectivity index (χ3v) is 5.93. The number of hydrogen-bond acceptors (Lipinski definition) is 6. The van der Waals surface area contributed by atoms with Gasteiger partial charge in [-0.2, -0.15) is 0 Å². The zero-order valence-electron chi connectivity index (χ0n) is 18.9. The molecule has 1 aliphatic rings. The van der Waals surface area contributed by atoms with Crippen LogP contribution in [0.25, 0.3) is 0 Å². The molecule has 9 heteroatoms. The molecule has 0 radical (unpaired) electrons. The third kappa shape index (κ3) is 3.68. The fourth-order valence-electron chi connectivity index (χ4n) is 4.36. The van der Waals surface area contributed by atoms with E-state index in [4.69, 9.17) is 15.9 Å². The first-order chi connectivity index (χ1) is 16.1. The molecule has 0 unspecified atom stereocenters. The highest BCUT2D eigenvalue weighted by Crippen LogP contribution is 2.50. The lowest BCUT2D eigenvalue weighted by atomic mass is 9.92. The Kier molecular flexibility index (Phi) is 5.64. The summed E-state index contributed by atoms with van der Waals surface area (Å²) >= 11 is 0. The van der Waals surface area contributed by atoms with E-state index >= 15 is 4.39 Å². The molecule has 7 nitrogen and oxygen atoms in total. The Morgan fingerprint density at radius 3 is 2.35 bits per heavy atom. The highest BCUT2D eigenvalue weighted by molar-refractivity contribution is 5.96. The van der Waals surface area contributed by atoms with Crippen molar-refractivity contribution in [1.29, 1.82) is 5.41 Å². The molecule has 1 aliphatic heterocycles. The van der Waals surface area contributed by atoms with Crippen LogP contribution >= 0.6 is 0 Å². The number of carboxylic acids is 1. The molecule has 0 saturated carbocycles. The summed E-state index contributed by atoms with van der Waals surface area (Å²) < 4.78 is 35.4. The van der Waals surface area contributed by atoms with E-state index < -0.39 is 23.1 Å². The van der Waals surface area contributed by atoms with Gasteiger partial charge in [-0.05, 0) is 56.3 Å². The molecule has 0 aromatic heterocycles. The number of rotatable bonds is 5. The quantitative estimate of drug-likeness (QED) is 0.347. The number of anilines is 5. The first-order valence-electron chi connectivity index (χ1n) is 10.5. The molecule has 0 atom stereocenters. The number of carbonyl (C=O) groups is 1. The molecule has 4 N–H and O–H groups in total. The Morgan fingerprint density at radius 2 is 1.79 bits per heavy atom. The number of hydrogen-bond donors (Lipinski definition) is 3. The maximum atomic E-state index is 15.7. The fourth-order valence-corrected chi connectivity index (χ4v) is 4.36. The van der Waals surface area contributed by atoms with Gasteiger partial charge in [0.15, 0.2) is 17.4 Å². The van der Waals surface area contributed by atoms with Gasteiger partial charge < -0.3 is 30.8 Å². The zero-order valence-corrected chi connectivity index (χ0v) is 18.9. The number of nitrogens with zero attached hydrogens (tertiary/aromatic N) is 2. The Labute approximate surface area is 195 Å². The largest absolute Gasteiger partial charge is 0.494 e. The predicted octanol–water partition coefficient (Wildman–Crippen LogP) is 5.32. The number of halogens is 2. The van der Waals surface area contributed by atoms with Crippen molar-refractivity contribution in [1.82, 2.24) is 0 Å². The molecule has 0 saturated heterocycles. The fraction of sp³-hybridized carbons (Fsp3) is 0.200. The van der Waals surface area contributed by atoms with Gasteiger partial charge in [-0.3, -0.25) is 0 Å². The van der Waals surface area contributed by atoms with E-state index in [0.29, 0.717) is 17.1 Å². The monoisotopic (exact) mass is 466 g/mol. The van der Waals surface area contributed by atoms with Crippen LogP contribution in [-0.2, 0) is 0 Å². The van der Waals surface area contributed by atoms with Gasteiger partial charge in [0, 0.05) is 35.8 Å². The summed E-state index contributed by atoms with van der Waals surface area (Å²) in [5, 5.41) is 16.9. The van der Waals surface area contributed by atoms with Gasteiger partial charge in [0.25, 0.3) is 0 Å². The number of benzene rings is 3. The summed E-state index contributed by atoms with van der Waals surface area (Å²) in [5.74, 6) is -2.26. The second-order valence-electron chi connectivity index (χ2n) is 8.61. The van der Waals surface area contributed by atoms with Crippen molar-refractivity contribution < 1.29 is 23.4 Å². The Balaban J connectivity index is 1.97. The van der Waals surface area contributed by atoms with Crippen molar-refractivity contribution in [3.63, 3.8) is 0 Å². The van der Waals surface area contributed by atoms with Crippen LogP contribution in [-0.4, -0.2) is 36.5 Å². The van der Waals surface area contributed by atoms with Crippen LogP contribution in [0.5, 0.6) is 5.75 Å². The second-order valence-corrected chi connectivity index (χ2v) is 8.61. The first-order valence-corrected chi connectivity index (χ1v) is 10.5. The molecule has 0 amide bonds. The maximum Gasteiger partial charge on any atom is 0.335 e. The summed E-state index contributed by atoms with van der Waals surface area (Å²) in [6.07, 6.45) is 0.971. The topological polar surface area (TPSA) is 103 Å². The van der Waals surface area contributed by atoms with Crippen molar-refractivity contribution in [2.24, 2.45) is 0 Å². The van der Waals surface area contributed by atoms with Crippen molar-refractivity contribution in [2.75, 3.05) is 29.2 Å². The molecule has 1 heterocycles. The molecule has 3 aromatic rings. The number of carboxylic acid groups (broad SMARTS) is 1. The van der Waals surface area contributed by atoms with Gasteiger partial charge in [0.2, 0.25) is 0 Å². The molecule has 0 bridgehead atoms. The summed E-state index contributed by atoms with van der Waals surface area (Å²) in [6, 6.07) is 12.2. The lowest BCUT2D eigenvalue weighted by molar-refractivity contribution is 0.0697. The highest BCUT2D eigenvalue weighted by atomic mass is 19.1. The van der Waals surface area contributed by atoms with Gasteiger partial charge >= 0.3 is 5.97 Å². The standard InChI is InChI=1S/C25H24F2N4O3/c1-25(2)13-30(16-6-4-14(5-7-16)24(32)33)23-19(10-15(12-28)22(29)21(23)27)31(25)17-8-9-20(34-3)18(26)11-17/h4-12,28H,13,29H2,1-3H3,(H,32,33). The van der Waals surface area contributed by atoms with Crippen molar-refractivity contribution in [3.05, 3.63) is 71.3 Å². The molecule has 3 aromatic carbocycles. The van der Waals surface area contributed by atoms with Crippen LogP contribution in [0.3, 0.4) is 0 Å².